The van der Waals surface area contributed by atoms with E-state index >= 15 is 0 Å². The molecule has 0 aromatic carbocycles. The monoisotopic (exact) mass is 272 g/mol. The lowest BCUT2D eigenvalue weighted by atomic mass is 9.95. The number of nitrogens with zero attached hydrogens (tertiary/aromatic N) is 2. The van der Waals surface area contributed by atoms with Gasteiger partial charge in [-0.05, 0) is 6.92 Å². The fraction of sp³-hybridized carbons (Fsp3) is 0.667. The van der Waals surface area contributed by atoms with Crippen LogP contribution in [-0.4, -0.2) is 39.8 Å². The Balaban J connectivity index is 1.86. The fourth-order valence-corrected chi connectivity index (χ4v) is 2.27. The van der Waals surface area contributed by atoms with Crippen LogP contribution in [0.1, 0.15) is 26.0 Å². The van der Waals surface area contributed by atoms with E-state index in [9.17, 15) is 9.90 Å². The van der Waals surface area contributed by atoms with E-state index in [-0.39, 0.29) is 11.8 Å². The lowest BCUT2D eigenvalue weighted by molar-refractivity contribution is -0.131. The molecule has 2 rings (SSSR count). The van der Waals surface area contributed by atoms with E-state index in [0.717, 1.165) is 0 Å². The quantitative estimate of drug-likeness (QED) is 0.905. The van der Waals surface area contributed by atoms with Crippen LogP contribution in [0.2, 0.25) is 5.15 Å². The first-order valence-corrected chi connectivity index (χ1v) is 6.37. The third-order valence-corrected chi connectivity index (χ3v) is 3.71. The van der Waals surface area contributed by atoms with E-state index in [1.807, 2.05) is 6.92 Å². The van der Waals surface area contributed by atoms with Crippen molar-refractivity contribution in [1.29, 1.82) is 0 Å². The zero-order chi connectivity index (χ0) is 13.3. The highest BCUT2D eigenvalue weighted by molar-refractivity contribution is 6.29. The molecule has 0 saturated carbocycles. The molecular formula is C12H17ClN2O3. The largest absolute Gasteiger partial charge is 0.388 e. The number of aromatic nitrogens is 1. The van der Waals surface area contributed by atoms with Crippen LogP contribution in [0.15, 0.2) is 10.6 Å². The van der Waals surface area contributed by atoms with Gasteiger partial charge >= 0.3 is 0 Å². The van der Waals surface area contributed by atoms with Crippen LogP contribution in [-0.2, 0) is 11.2 Å². The van der Waals surface area contributed by atoms with Crippen molar-refractivity contribution in [2.24, 2.45) is 5.92 Å². The van der Waals surface area contributed by atoms with E-state index < -0.39 is 5.60 Å². The van der Waals surface area contributed by atoms with Crippen LogP contribution < -0.4 is 0 Å². The van der Waals surface area contributed by atoms with Crippen molar-refractivity contribution in [2.45, 2.75) is 32.3 Å². The van der Waals surface area contributed by atoms with E-state index in [4.69, 9.17) is 16.1 Å². The molecule has 1 aromatic rings. The molecule has 6 heteroatoms. The number of carbonyl (C=O) groups excluding carboxylic acids is 1. The molecule has 18 heavy (non-hydrogen) atoms. The number of carbonyl (C=O) groups is 1. The zero-order valence-electron chi connectivity index (χ0n) is 10.5. The number of hydrogen-bond acceptors (Lipinski definition) is 4. The van der Waals surface area contributed by atoms with Crippen molar-refractivity contribution in [1.82, 2.24) is 10.1 Å². The summed E-state index contributed by atoms with van der Waals surface area (Å²) >= 11 is 5.63. The normalized spacial score (nSPS) is 27.8. The Bertz CT molecular complexity index is 444. The second kappa shape index (κ2) is 4.90. The number of hydrogen-bond donors (Lipinski definition) is 1. The molecule has 2 unspecified atom stereocenters. The van der Waals surface area contributed by atoms with Crippen LogP contribution in [0.4, 0.5) is 0 Å². The van der Waals surface area contributed by atoms with Gasteiger partial charge in [-0.2, -0.15) is 0 Å². The Kier molecular flexibility index (Phi) is 3.64. The minimum absolute atomic E-state index is 0.0205. The molecule has 0 spiro atoms. The molecule has 0 bridgehead atoms. The van der Waals surface area contributed by atoms with Crippen LogP contribution in [0.25, 0.3) is 0 Å². The van der Waals surface area contributed by atoms with Crippen molar-refractivity contribution in [2.75, 3.05) is 13.1 Å². The van der Waals surface area contributed by atoms with E-state index in [1.165, 1.54) is 0 Å². The van der Waals surface area contributed by atoms with Gasteiger partial charge in [-0.25, -0.2) is 0 Å². The molecule has 1 fully saturated rings. The predicted octanol–water partition coefficient (Wildman–Crippen LogP) is 1.49. The van der Waals surface area contributed by atoms with Gasteiger partial charge in [0.25, 0.3) is 0 Å². The van der Waals surface area contributed by atoms with Crippen molar-refractivity contribution >= 4 is 17.5 Å². The number of halogens is 1. The van der Waals surface area contributed by atoms with Gasteiger partial charge < -0.3 is 14.5 Å². The predicted molar refractivity (Wildman–Crippen MR) is 66.2 cm³/mol. The molecule has 0 aliphatic carbocycles. The highest BCUT2D eigenvalue weighted by Crippen LogP contribution is 2.27. The molecule has 1 amide bonds. The molecule has 2 atom stereocenters. The van der Waals surface area contributed by atoms with Crippen LogP contribution in [0.5, 0.6) is 0 Å². The fourth-order valence-electron chi connectivity index (χ4n) is 2.12. The molecule has 5 nitrogen and oxygen atoms in total. The Labute approximate surface area is 111 Å². The molecule has 1 aromatic heterocycles. The smallest absolute Gasteiger partial charge is 0.223 e. The lowest BCUT2D eigenvalue weighted by Crippen LogP contribution is -2.35. The summed E-state index contributed by atoms with van der Waals surface area (Å²) in [4.78, 5) is 13.7. The summed E-state index contributed by atoms with van der Waals surface area (Å²) in [6.45, 7) is 4.71. The van der Waals surface area contributed by atoms with Crippen LogP contribution in [0.3, 0.4) is 0 Å². The average molecular weight is 273 g/mol. The van der Waals surface area contributed by atoms with E-state index in [0.29, 0.717) is 36.8 Å². The minimum atomic E-state index is -0.787. The third kappa shape index (κ3) is 2.84. The van der Waals surface area contributed by atoms with Gasteiger partial charge in [-0.15, -0.1) is 0 Å². The van der Waals surface area contributed by atoms with Gasteiger partial charge in [0.1, 0.15) is 5.76 Å². The summed E-state index contributed by atoms with van der Waals surface area (Å²) in [5.41, 5.74) is -0.787. The molecule has 2 heterocycles. The van der Waals surface area contributed by atoms with E-state index in [2.05, 4.69) is 5.16 Å². The van der Waals surface area contributed by atoms with Crippen LogP contribution >= 0.6 is 11.6 Å². The number of aliphatic hydroxyl groups is 1. The first kappa shape index (κ1) is 13.4. The number of likely N-dealkylation sites (tertiary alicyclic amines) is 1. The number of aryl methyl sites for hydroxylation is 1. The Morgan fingerprint density at radius 1 is 1.78 bits per heavy atom. The minimum Gasteiger partial charge on any atom is -0.388 e. The standard InChI is InChI=1S/C12H17ClN2O3/c1-8-6-15(7-12(8,2)17)11(16)4-3-9-5-10(13)14-18-9/h5,8,17H,3-4,6-7H2,1-2H3. The van der Waals surface area contributed by atoms with Gasteiger partial charge in [-0.3, -0.25) is 4.79 Å². The maximum Gasteiger partial charge on any atom is 0.223 e. The van der Waals surface area contributed by atoms with Crippen molar-refractivity contribution < 1.29 is 14.4 Å². The summed E-state index contributed by atoms with van der Waals surface area (Å²) in [6.07, 6.45) is 0.819. The first-order valence-electron chi connectivity index (χ1n) is 6.00. The summed E-state index contributed by atoms with van der Waals surface area (Å²) < 4.78 is 4.94. The second-order valence-electron chi connectivity index (χ2n) is 5.15. The Hall–Kier alpha value is -1.07. The zero-order valence-corrected chi connectivity index (χ0v) is 11.3. The number of rotatable bonds is 3. The average Bonchev–Trinajstić information content (AvgIpc) is 2.81. The summed E-state index contributed by atoms with van der Waals surface area (Å²) in [5.74, 6) is 0.723. The lowest BCUT2D eigenvalue weighted by Gasteiger charge is -2.20. The molecule has 1 saturated heterocycles. The highest BCUT2D eigenvalue weighted by Gasteiger charge is 2.40. The summed E-state index contributed by atoms with van der Waals surface area (Å²) in [5, 5.41) is 13.9. The van der Waals surface area contributed by atoms with Gasteiger partial charge in [-0.1, -0.05) is 23.7 Å². The van der Waals surface area contributed by atoms with Gasteiger partial charge in [0.05, 0.1) is 5.60 Å². The molecule has 1 aliphatic heterocycles. The molecule has 1 aliphatic rings. The van der Waals surface area contributed by atoms with Crippen LogP contribution in [0, 0.1) is 5.92 Å². The van der Waals surface area contributed by atoms with Gasteiger partial charge in [0, 0.05) is 37.9 Å². The van der Waals surface area contributed by atoms with E-state index in [1.54, 1.807) is 17.9 Å². The number of amides is 1. The molecular weight excluding hydrogens is 256 g/mol. The van der Waals surface area contributed by atoms with Crippen molar-refractivity contribution in [3.05, 3.63) is 17.0 Å². The third-order valence-electron chi connectivity index (χ3n) is 3.54. The number of β-amino-alcohol motifs (C(OH)–C–C–N with tert-alkyl or cyclic N) is 1. The highest BCUT2D eigenvalue weighted by atomic mass is 35.5. The van der Waals surface area contributed by atoms with Gasteiger partial charge in [0.15, 0.2) is 5.15 Å². The summed E-state index contributed by atoms with van der Waals surface area (Å²) in [7, 11) is 0. The topological polar surface area (TPSA) is 66.6 Å². The molecule has 1 N–H and O–H groups in total. The second-order valence-corrected chi connectivity index (χ2v) is 5.54. The maximum absolute atomic E-state index is 12.0. The Morgan fingerprint density at radius 2 is 2.50 bits per heavy atom. The van der Waals surface area contributed by atoms with Crippen molar-refractivity contribution in [3.63, 3.8) is 0 Å². The van der Waals surface area contributed by atoms with Crippen molar-refractivity contribution in [3.8, 4) is 0 Å². The first-order chi connectivity index (χ1) is 8.38. The summed E-state index contributed by atoms with van der Waals surface area (Å²) in [6, 6.07) is 1.61. The SMILES string of the molecule is CC1CN(C(=O)CCc2cc(Cl)no2)CC1(C)O. The Morgan fingerprint density at radius 3 is 3.00 bits per heavy atom. The molecule has 0 radical (unpaired) electrons. The van der Waals surface area contributed by atoms with Gasteiger partial charge in [0.2, 0.25) is 5.91 Å². The maximum atomic E-state index is 12.0. The molecule has 100 valence electrons.